The first-order chi connectivity index (χ1) is 16.1. The highest BCUT2D eigenvalue weighted by Crippen LogP contribution is 2.32. The highest BCUT2D eigenvalue weighted by atomic mass is 16.5. The molecule has 0 spiro atoms. The largest absolute Gasteiger partial charge is 0.481 e. The van der Waals surface area contributed by atoms with Gasteiger partial charge in [0.1, 0.15) is 28.5 Å². The number of fused-ring (bicyclic) bond motifs is 2. The van der Waals surface area contributed by atoms with Crippen molar-refractivity contribution >= 4 is 27.8 Å². The second kappa shape index (κ2) is 8.31. The zero-order chi connectivity index (χ0) is 22.9. The number of aryl methyl sites for hydroxylation is 1. The summed E-state index contributed by atoms with van der Waals surface area (Å²) in [5.41, 5.74) is 2.89. The van der Waals surface area contributed by atoms with Gasteiger partial charge in [-0.15, -0.1) is 0 Å². The van der Waals surface area contributed by atoms with E-state index in [4.69, 9.17) is 9.47 Å². The standard InChI is InChI=1S/C21H21N9O3/c1-30-9-13-17(29-30)18(25-14(10-32-2)19-22-5-4-6-23-19)16(21(31)28-13)20-26-11-7-15(33-3)24-8-12(11)27-20/h4-9,14,25H,10H2,1-3H3,(H,26,27)(H,28,31)/t14-/m1/s1. The Balaban J connectivity index is 1.71. The number of pyridine rings is 2. The molecule has 5 aromatic heterocycles. The van der Waals surface area contributed by atoms with Crippen LogP contribution >= 0.6 is 0 Å². The molecule has 5 aromatic rings. The molecule has 0 amide bonds. The van der Waals surface area contributed by atoms with Crippen LogP contribution in [0.3, 0.4) is 0 Å². The number of aromatic nitrogens is 8. The van der Waals surface area contributed by atoms with Crippen molar-refractivity contribution in [2.45, 2.75) is 6.04 Å². The summed E-state index contributed by atoms with van der Waals surface area (Å²) in [6, 6.07) is 3.02. The molecule has 0 saturated carbocycles. The second-order valence-electron chi connectivity index (χ2n) is 7.36. The molecule has 5 heterocycles. The van der Waals surface area contributed by atoms with E-state index < -0.39 is 6.04 Å². The molecule has 5 rings (SSSR count). The van der Waals surface area contributed by atoms with Crippen molar-refractivity contribution in [1.82, 2.24) is 39.7 Å². The number of hydrogen-bond acceptors (Lipinski definition) is 9. The van der Waals surface area contributed by atoms with Gasteiger partial charge in [0, 0.05) is 38.8 Å². The smallest absolute Gasteiger partial charge is 0.261 e. The first-order valence-corrected chi connectivity index (χ1v) is 10.1. The van der Waals surface area contributed by atoms with Gasteiger partial charge in [-0.1, -0.05) is 0 Å². The highest BCUT2D eigenvalue weighted by Gasteiger charge is 2.24. The van der Waals surface area contributed by atoms with Crippen molar-refractivity contribution in [2.75, 3.05) is 26.1 Å². The molecule has 0 saturated heterocycles. The average Bonchev–Trinajstić information content (AvgIpc) is 3.40. The van der Waals surface area contributed by atoms with Crippen molar-refractivity contribution in [3.05, 3.63) is 53.1 Å². The fourth-order valence-corrected chi connectivity index (χ4v) is 3.68. The van der Waals surface area contributed by atoms with Crippen molar-refractivity contribution in [3.63, 3.8) is 0 Å². The summed E-state index contributed by atoms with van der Waals surface area (Å²) in [4.78, 5) is 36.8. The topological polar surface area (TPSA) is 149 Å². The Hall–Kier alpha value is -4.32. The van der Waals surface area contributed by atoms with Gasteiger partial charge in [-0.05, 0) is 6.07 Å². The molecular weight excluding hydrogens is 426 g/mol. The number of imidazole rings is 1. The maximum atomic E-state index is 13.2. The lowest BCUT2D eigenvalue weighted by Crippen LogP contribution is -2.22. The number of nitrogens with zero attached hydrogens (tertiary/aromatic N) is 6. The third-order valence-corrected chi connectivity index (χ3v) is 5.13. The van der Waals surface area contributed by atoms with Gasteiger partial charge in [0.2, 0.25) is 5.88 Å². The number of methoxy groups -OCH3 is 2. The quantitative estimate of drug-likeness (QED) is 0.339. The first-order valence-electron chi connectivity index (χ1n) is 10.1. The highest BCUT2D eigenvalue weighted by molar-refractivity contribution is 5.96. The zero-order valence-corrected chi connectivity index (χ0v) is 18.2. The molecule has 0 aromatic carbocycles. The van der Waals surface area contributed by atoms with Crippen molar-refractivity contribution < 1.29 is 9.47 Å². The van der Waals surface area contributed by atoms with Gasteiger partial charge in [0.25, 0.3) is 5.56 Å². The molecule has 1 atom stereocenters. The van der Waals surface area contributed by atoms with E-state index in [0.29, 0.717) is 50.8 Å². The SMILES string of the molecule is COC[C@@H](Nc1c(-c2nc3cnc(OC)cc3[nH]2)c(=O)[nH]c2cn(C)nc12)c1ncccn1. The minimum atomic E-state index is -0.437. The molecule has 0 aliphatic rings. The third-order valence-electron chi connectivity index (χ3n) is 5.13. The van der Waals surface area contributed by atoms with E-state index in [1.165, 1.54) is 7.11 Å². The molecule has 12 heteroatoms. The molecular formula is C21H21N9O3. The van der Waals surface area contributed by atoms with Gasteiger partial charge >= 0.3 is 0 Å². The molecule has 0 fully saturated rings. The van der Waals surface area contributed by atoms with E-state index in [9.17, 15) is 4.79 Å². The van der Waals surface area contributed by atoms with E-state index in [1.807, 2.05) is 0 Å². The number of aromatic amines is 2. The van der Waals surface area contributed by atoms with Crippen molar-refractivity contribution in [2.24, 2.45) is 7.05 Å². The Morgan fingerprint density at radius 1 is 1.15 bits per heavy atom. The molecule has 0 aliphatic heterocycles. The summed E-state index contributed by atoms with van der Waals surface area (Å²) in [5.74, 6) is 1.32. The molecule has 0 bridgehead atoms. The molecule has 168 valence electrons. The Morgan fingerprint density at radius 3 is 2.73 bits per heavy atom. The summed E-state index contributed by atoms with van der Waals surface area (Å²) in [5, 5.41) is 7.94. The second-order valence-corrected chi connectivity index (χ2v) is 7.36. The molecule has 0 aliphatic carbocycles. The van der Waals surface area contributed by atoms with Crippen LogP contribution in [-0.4, -0.2) is 60.5 Å². The number of rotatable bonds is 7. The van der Waals surface area contributed by atoms with Crippen LogP contribution in [0.4, 0.5) is 5.69 Å². The first kappa shape index (κ1) is 20.6. The van der Waals surface area contributed by atoms with Crippen LogP contribution in [0, 0.1) is 0 Å². The Labute approximate surface area is 187 Å². The fourth-order valence-electron chi connectivity index (χ4n) is 3.68. The maximum Gasteiger partial charge on any atom is 0.261 e. The van der Waals surface area contributed by atoms with Gasteiger partial charge in [0.15, 0.2) is 5.82 Å². The molecule has 0 radical (unpaired) electrons. The Morgan fingerprint density at radius 2 is 1.97 bits per heavy atom. The predicted molar refractivity (Wildman–Crippen MR) is 121 cm³/mol. The summed E-state index contributed by atoms with van der Waals surface area (Å²) in [6.45, 7) is 0.270. The van der Waals surface area contributed by atoms with Crippen LogP contribution in [0.15, 0.2) is 41.7 Å². The lowest BCUT2D eigenvalue weighted by molar-refractivity contribution is 0.184. The number of anilines is 1. The molecule has 33 heavy (non-hydrogen) atoms. The van der Waals surface area contributed by atoms with Crippen LogP contribution < -0.4 is 15.6 Å². The average molecular weight is 447 g/mol. The molecule has 0 unspecified atom stereocenters. The summed E-state index contributed by atoms with van der Waals surface area (Å²) >= 11 is 0. The Kier molecular flexibility index (Phi) is 5.18. The number of ether oxygens (including phenoxy) is 2. The van der Waals surface area contributed by atoms with Gasteiger partial charge in [-0.2, -0.15) is 5.10 Å². The number of nitrogens with one attached hydrogen (secondary N) is 3. The van der Waals surface area contributed by atoms with Gasteiger partial charge < -0.3 is 24.8 Å². The van der Waals surface area contributed by atoms with Crippen LogP contribution in [0.1, 0.15) is 11.9 Å². The fraction of sp³-hybridized carbons (Fsp3) is 0.238. The third kappa shape index (κ3) is 3.76. The summed E-state index contributed by atoms with van der Waals surface area (Å²) in [6.07, 6.45) is 6.63. The Bertz CT molecular complexity index is 1490. The van der Waals surface area contributed by atoms with E-state index in [1.54, 1.807) is 55.8 Å². The summed E-state index contributed by atoms with van der Waals surface area (Å²) in [7, 11) is 4.91. The van der Waals surface area contributed by atoms with Crippen LogP contribution in [0.2, 0.25) is 0 Å². The van der Waals surface area contributed by atoms with E-state index >= 15 is 0 Å². The zero-order valence-electron chi connectivity index (χ0n) is 18.2. The van der Waals surface area contributed by atoms with Crippen molar-refractivity contribution in [1.29, 1.82) is 0 Å². The van der Waals surface area contributed by atoms with E-state index in [2.05, 4.69) is 40.3 Å². The number of H-pyrrole nitrogens is 2. The summed E-state index contributed by atoms with van der Waals surface area (Å²) < 4.78 is 12.2. The lowest BCUT2D eigenvalue weighted by atomic mass is 10.1. The van der Waals surface area contributed by atoms with Gasteiger partial charge in [-0.25, -0.2) is 19.9 Å². The van der Waals surface area contributed by atoms with Crippen LogP contribution in [0.5, 0.6) is 5.88 Å². The minimum absolute atomic E-state index is 0.270. The normalized spacial score (nSPS) is 12.3. The molecule has 12 nitrogen and oxygen atoms in total. The van der Waals surface area contributed by atoms with Gasteiger partial charge in [0.05, 0.1) is 36.6 Å². The van der Waals surface area contributed by atoms with Crippen molar-refractivity contribution in [3.8, 4) is 17.3 Å². The van der Waals surface area contributed by atoms with E-state index in [-0.39, 0.29) is 12.2 Å². The predicted octanol–water partition coefficient (Wildman–Crippen LogP) is 1.80. The maximum absolute atomic E-state index is 13.2. The minimum Gasteiger partial charge on any atom is -0.481 e. The van der Waals surface area contributed by atoms with Gasteiger partial charge in [-0.3, -0.25) is 9.48 Å². The van der Waals surface area contributed by atoms with Crippen LogP contribution in [-0.2, 0) is 11.8 Å². The monoisotopic (exact) mass is 447 g/mol. The number of hydrogen-bond donors (Lipinski definition) is 3. The molecule has 3 N–H and O–H groups in total. The lowest BCUT2D eigenvalue weighted by Gasteiger charge is -2.19. The van der Waals surface area contributed by atoms with E-state index in [0.717, 1.165) is 0 Å². The van der Waals surface area contributed by atoms with Crippen LogP contribution in [0.25, 0.3) is 33.5 Å².